The van der Waals surface area contributed by atoms with E-state index in [4.69, 9.17) is 4.42 Å². The van der Waals surface area contributed by atoms with Crippen molar-refractivity contribution in [3.05, 3.63) is 35.8 Å². The number of likely N-dealkylation sites (tertiary alicyclic amines) is 1. The number of nitrogens with one attached hydrogen (secondary N) is 1. The highest BCUT2D eigenvalue weighted by Crippen LogP contribution is 2.21. The van der Waals surface area contributed by atoms with Crippen LogP contribution in [0.25, 0.3) is 0 Å². The van der Waals surface area contributed by atoms with E-state index in [1.54, 1.807) is 12.3 Å². The lowest BCUT2D eigenvalue weighted by atomic mass is 9.94. The van der Waals surface area contributed by atoms with Gasteiger partial charge in [0, 0.05) is 19.2 Å². The Balaban J connectivity index is 1.69. The molecule has 1 aromatic heterocycles. The molecule has 1 N–H and O–H groups in total. The van der Waals surface area contributed by atoms with Crippen molar-refractivity contribution in [3.63, 3.8) is 0 Å². The van der Waals surface area contributed by atoms with E-state index in [1.165, 1.54) is 12.8 Å². The zero-order valence-electron chi connectivity index (χ0n) is 13.1. The van der Waals surface area contributed by atoms with E-state index in [1.807, 2.05) is 26.0 Å². The Morgan fingerprint density at radius 3 is 3.10 bits per heavy atom. The van der Waals surface area contributed by atoms with Crippen LogP contribution in [0.2, 0.25) is 0 Å². The minimum atomic E-state index is 0.0262. The number of furan rings is 1. The van der Waals surface area contributed by atoms with Crippen molar-refractivity contribution in [3.8, 4) is 0 Å². The van der Waals surface area contributed by atoms with Gasteiger partial charge < -0.3 is 9.73 Å². The Labute approximate surface area is 127 Å². The zero-order chi connectivity index (χ0) is 15.1. The molecule has 1 fully saturated rings. The van der Waals surface area contributed by atoms with Crippen molar-refractivity contribution < 1.29 is 9.21 Å². The first-order valence-corrected chi connectivity index (χ1v) is 7.81. The highest BCUT2D eigenvalue weighted by molar-refractivity contribution is 5.87. The van der Waals surface area contributed by atoms with Crippen LogP contribution in [0.5, 0.6) is 0 Å². The predicted octanol–water partition coefficient (Wildman–Crippen LogP) is 2.96. The molecule has 1 atom stereocenters. The zero-order valence-corrected chi connectivity index (χ0v) is 13.1. The van der Waals surface area contributed by atoms with Crippen LogP contribution >= 0.6 is 0 Å². The third-order valence-corrected chi connectivity index (χ3v) is 3.83. The SMILES string of the molecule is CC(C)=CC(=O)NCCC1CCCN(Cc2ccco2)C1. The van der Waals surface area contributed by atoms with Crippen LogP contribution in [0.3, 0.4) is 0 Å². The summed E-state index contributed by atoms with van der Waals surface area (Å²) in [5.41, 5.74) is 1.04. The number of hydrogen-bond acceptors (Lipinski definition) is 3. The fourth-order valence-electron chi connectivity index (χ4n) is 2.87. The Bertz CT molecular complexity index is 461. The van der Waals surface area contributed by atoms with Crippen LogP contribution in [0.1, 0.15) is 38.9 Å². The van der Waals surface area contributed by atoms with E-state index in [9.17, 15) is 4.79 Å². The first-order chi connectivity index (χ1) is 10.1. The van der Waals surface area contributed by atoms with Gasteiger partial charge >= 0.3 is 0 Å². The standard InChI is InChI=1S/C17H26N2O2/c1-14(2)11-17(20)18-8-7-15-5-3-9-19(12-15)13-16-6-4-10-21-16/h4,6,10-11,15H,3,5,7-9,12-13H2,1-2H3,(H,18,20). The molecule has 0 aromatic carbocycles. The van der Waals surface area contributed by atoms with Gasteiger partial charge in [0.25, 0.3) is 0 Å². The molecule has 116 valence electrons. The molecule has 0 bridgehead atoms. The minimum absolute atomic E-state index is 0.0262. The molecular weight excluding hydrogens is 264 g/mol. The van der Waals surface area contributed by atoms with Gasteiger partial charge in [-0.1, -0.05) is 5.57 Å². The van der Waals surface area contributed by atoms with Crippen molar-refractivity contribution in [2.75, 3.05) is 19.6 Å². The molecule has 1 unspecified atom stereocenters. The number of rotatable bonds is 6. The van der Waals surface area contributed by atoms with Crippen LogP contribution in [0.15, 0.2) is 34.5 Å². The maximum atomic E-state index is 11.6. The summed E-state index contributed by atoms with van der Waals surface area (Å²) in [6, 6.07) is 3.97. The molecule has 0 spiro atoms. The lowest BCUT2D eigenvalue weighted by molar-refractivity contribution is -0.116. The van der Waals surface area contributed by atoms with Crippen molar-refractivity contribution in [1.29, 1.82) is 0 Å². The fourth-order valence-corrected chi connectivity index (χ4v) is 2.87. The second-order valence-electron chi connectivity index (χ2n) is 6.12. The van der Waals surface area contributed by atoms with Gasteiger partial charge in [-0.3, -0.25) is 9.69 Å². The average Bonchev–Trinajstić information content (AvgIpc) is 2.91. The summed E-state index contributed by atoms with van der Waals surface area (Å²) >= 11 is 0. The molecule has 0 radical (unpaired) electrons. The number of carbonyl (C=O) groups excluding carboxylic acids is 1. The Hall–Kier alpha value is -1.55. The molecule has 1 amide bonds. The maximum absolute atomic E-state index is 11.6. The largest absolute Gasteiger partial charge is 0.468 e. The Kier molecular flexibility index (Phi) is 6.05. The van der Waals surface area contributed by atoms with Crippen molar-refractivity contribution in [1.82, 2.24) is 10.2 Å². The van der Waals surface area contributed by atoms with Gasteiger partial charge in [0.2, 0.25) is 5.91 Å². The monoisotopic (exact) mass is 290 g/mol. The summed E-state index contributed by atoms with van der Waals surface area (Å²) < 4.78 is 5.42. The second-order valence-corrected chi connectivity index (χ2v) is 6.12. The number of carbonyl (C=O) groups is 1. The molecule has 2 rings (SSSR count). The highest BCUT2D eigenvalue weighted by atomic mass is 16.3. The summed E-state index contributed by atoms with van der Waals surface area (Å²) in [4.78, 5) is 14.0. The van der Waals surface area contributed by atoms with E-state index < -0.39 is 0 Å². The first-order valence-electron chi connectivity index (χ1n) is 7.81. The van der Waals surface area contributed by atoms with Gasteiger partial charge in [-0.2, -0.15) is 0 Å². The minimum Gasteiger partial charge on any atom is -0.468 e. The summed E-state index contributed by atoms with van der Waals surface area (Å²) in [7, 11) is 0. The number of allylic oxidation sites excluding steroid dienone is 1. The number of amides is 1. The Morgan fingerprint density at radius 2 is 2.38 bits per heavy atom. The molecule has 2 heterocycles. The van der Waals surface area contributed by atoms with Crippen LogP contribution < -0.4 is 5.32 Å². The molecule has 4 nitrogen and oxygen atoms in total. The summed E-state index contributed by atoms with van der Waals surface area (Å²) in [6.45, 7) is 7.77. The summed E-state index contributed by atoms with van der Waals surface area (Å²) in [5, 5.41) is 2.97. The highest BCUT2D eigenvalue weighted by Gasteiger charge is 2.20. The molecule has 1 aromatic rings. The van der Waals surface area contributed by atoms with Crippen LogP contribution in [-0.2, 0) is 11.3 Å². The first kappa shape index (κ1) is 15.8. The topological polar surface area (TPSA) is 45.5 Å². The van der Waals surface area contributed by atoms with Crippen LogP contribution in [-0.4, -0.2) is 30.4 Å². The van der Waals surface area contributed by atoms with E-state index in [2.05, 4.69) is 10.2 Å². The molecule has 1 aliphatic heterocycles. The summed E-state index contributed by atoms with van der Waals surface area (Å²) in [5.74, 6) is 1.73. The summed E-state index contributed by atoms with van der Waals surface area (Å²) in [6.07, 6.45) is 6.93. The van der Waals surface area contributed by atoms with E-state index in [-0.39, 0.29) is 5.91 Å². The third kappa shape index (κ3) is 5.76. The lowest BCUT2D eigenvalue weighted by Gasteiger charge is -2.32. The molecule has 1 aliphatic rings. The predicted molar refractivity (Wildman–Crippen MR) is 83.8 cm³/mol. The third-order valence-electron chi connectivity index (χ3n) is 3.83. The maximum Gasteiger partial charge on any atom is 0.243 e. The van der Waals surface area contributed by atoms with Crippen LogP contribution in [0, 0.1) is 5.92 Å². The molecule has 21 heavy (non-hydrogen) atoms. The molecule has 0 saturated carbocycles. The van der Waals surface area contributed by atoms with Crippen LogP contribution in [0.4, 0.5) is 0 Å². The number of hydrogen-bond donors (Lipinski definition) is 1. The molecule has 1 saturated heterocycles. The van der Waals surface area contributed by atoms with Gasteiger partial charge in [-0.05, 0) is 57.7 Å². The van der Waals surface area contributed by atoms with Crippen molar-refractivity contribution in [2.24, 2.45) is 5.92 Å². The van der Waals surface area contributed by atoms with Gasteiger partial charge in [-0.25, -0.2) is 0 Å². The number of nitrogens with zero attached hydrogens (tertiary/aromatic N) is 1. The van der Waals surface area contributed by atoms with Crippen molar-refractivity contribution in [2.45, 2.75) is 39.7 Å². The fraction of sp³-hybridized carbons (Fsp3) is 0.588. The quantitative estimate of drug-likeness (QED) is 0.819. The average molecular weight is 290 g/mol. The second kappa shape index (κ2) is 8.03. The molecule has 0 aliphatic carbocycles. The number of piperidine rings is 1. The van der Waals surface area contributed by atoms with Gasteiger partial charge in [0.15, 0.2) is 0 Å². The van der Waals surface area contributed by atoms with Gasteiger partial charge in [0.05, 0.1) is 12.8 Å². The molecule has 4 heteroatoms. The molecular formula is C17H26N2O2. The van der Waals surface area contributed by atoms with Gasteiger partial charge in [0.1, 0.15) is 5.76 Å². The Morgan fingerprint density at radius 1 is 1.52 bits per heavy atom. The van der Waals surface area contributed by atoms with E-state index in [0.717, 1.165) is 43.9 Å². The van der Waals surface area contributed by atoms with Gasteiger partial charge in [-0.15, -0.1) is 0 Å². The van der Waals surface area contributed by atoms with E-state index >= 15 is 0 Å². The normalized spacial score (nSPS) is 19.2. The van der Waals surface area contributed by atoms with Crippen molar-refractivity contribution >= 4 is 5.91 Å². The van der Waals surface area contributed by atoms with E-state index in [0.29, 0.717) is 5.92 Å². The lowest BCUT2D eigenvalue weighted by Crippen LogP contribution is -2.36. The smallest absolute Gasteiger partial charge is 0.243 e.